The van der Waals surface area contributed by atoms with Gasteiger partial charge in [0.15, 0.2) is 0 Å². The van der Waals surface area contributed by atoms with Gasteiger partial charge in [-0.1, -0.05) is 50.6 Å². The van der Waals surface area contributed by atoms with Crippen LogP contribution in [0, 0.1) is 11.3 Å². The number of aliphatic hydroxyl groups excluding tert-OH is 1. The number of ketones is 1. The Bertz CT molecular complexity index is 485. The first kappa shape index (κ1) is 18.2. The van der Waals surface area contributed by atoms with E-state index in [-0.39, 0.29) is 18.1 Å². The number of hydrogen-bond donors (Lipinski definition) is 1. The van der Waals surface area contributed by atoms with Crippen molar-refractivity contribution in [3.63, 3.8) is 0 Å². The summed E-state index contributed by atoms with van der Waals surface area (Å²) in [6.07, 6.45) is 5.37. The molecule has 0 heterocycles. The summed E-state index contributed by atoms with van der Waals surface area (Å²) in [6, 6.07) is 10.1. The van der Waals surface area contributed by atoms with E-state index >= 15 is 0 Å². The molecule has 1 aliphatic carbocycles. The van der Waals surface area contributed by atoms with Gasteiger partial charge in [0.25, 0.3) is 0 Å². The number of ether oxygens (including phenoxy) is 1. The van der Waals surface area contributed by atoms with Crippen LogP contribution >= 0.6 is 0 Å². The van der Waals surface area contributed by atoms with Crippen molar-refractivity contribution >= 4 is 5.78 Å². The zero-order valence-corrected chi connectivity index (χ0v) is 14.5. The number of carbonyl (C=O) groups is 1. The first-order chi connectivity index (χ1) is 11.1. The fraction of sp³-hybridized carbons (Fsp3) is 0.650. The monoisotopic (exact) mass is 318 g/mol. The van der Waals surface area contributed by atoms with Gasteiger partial charge in [0.1, 0.15) is 5.78 Å². The molecular formula is C20H30O3. The van der Waals surface area contributed by atoms with Crippen molar-refractivity contribution in [3.8, 4) is 0 Å². The SMILES string of the molecule is CC(CO)CCC[C@]1(C)C(=O)CCC[C@@H]1OCc1ccccc1. The molecule has 1 unspecified atom stereocenters. The number of Topliss-reactive ketones (excluding diaryl/α,β-unsaturated/α-hetero) is 1. The third-order valence-electron chi connectivity index (χ3n) is 5.22. The Labute approximate surface area is 140 Å². The van der Waals surface area contributed by atoms with Crippen LogP contribution in [0.25, 0.3) is 0 Å². The maximum atomic E-state index is 12.6. The third kappa shape index (κ3) is 4.89. The van der Waals surface area contributed by atoms with Crippen LogP contribution in [0.3, 0.4) is 0 Å². The quantitative estimate of drug-likeness (QED) is 0.784. The van der Waals surface area contributed by atoms with Crippen LogP contribution in [0.4, 0.5) is 0 Å². The van der Waals surface area contributed by atoms with Crippen molar-refractivity contribution in [3.05, 3.63) is 35.9 Å². The summed E-state index contributed by atoms with van der Waals surface area (Å²) in [5.41, 5.74) is 0.782. The second-order valence-corrected chi connectivity index (χ2v) is 7.20. The molecule has 1 saturated carbocycles. The summed E-state index contributed by atoms with van der Waals surface area (Å²) in [7, 11) is 0. The van der Waals surface area contributed by atoms with Crippen LogP contribution in [-0.2, 0) is 16.1 Å². The lowest BCUT2D eigenvalue weighted by Crippen LogP contribution is -2.44. The summed E-state index contributed by atoms with van der Waals surface area (Å²) in [6.45, 7) is 4.92. The second kappa shape index (κ2) is 8.60. The normalized spacial score (nSPS) is 26.2. The van der Waals surface area contributed by atoms with Crippen LogP contribution in [0.1, 0.15) is 57.9 Å². The van der Waals surface area contributed by atoms with Crippen molar-refractivity contribution in [1.82, 2.24) is 0 Å². The van der Waals surface area contributed by atoms with Crippen molar-refractivity contribution in [2.45, 2.75) is 65.1 Å². The molecule has 1 N–H and O–H groups in total. The first-order valence-electron chi connectivity index (χ1n) is 8.86. The summed E-state index contributed by atoms with van der Waals surface area (Å²) in [5.74, 6) is 0.652. The molecule has 1 fully saturated rings. The lowest BCUT2D eigenvalue weighted by atomic mass is 9.69. The zero-order chi connectivity index (χ0) is 16.7. The van der Waals surface area contributed by atoms with Crippen LogP contribution in [0.5, 0.6) is 0 Å². The molecule has 0 amide bonds. The number of carbonyl (C=O) groups excluding carboxylic acids is 1. The molecule has 3 atom stereocenters. The number of rotatable bonds is 8. The fourth-order valence-corrected chi connectivity index (χ4v) is 3.48. The van der Waals surface area contributed by atoms with Gasteiger partial charge in [0, 0.05) is 13.0 Å². The molecule has 0 bridgehead atoms. The molecular weight excluding hydrogens is 288 g/mol. The highest BCUT2D eigenvalue weighted by atomic mass is 16.5. The predicted molar refractivity (Wildman–Crippen MR) is 92.1 cm³/mol. The molecule has 0 aromatic heterocycles. The minimum atomic E-state index is -0.373. The maximum Gasteiger partial charge on any atom is 0.141 e. The fourth-order valence-electron chi connectivity index (χ4n) is 3.48. The van der Waals surface area contributed by atoms with Gasteiger partial charge in [0.05, 0.1) is 18.1 Å². The maximum absolute atomic E-state index is 12.6. The molecule has 0 spiro atoms. The number of aliphatic hydroxyl groups is 1. The second-order valence-electron chi connectivity index (χ2n) is 7.20. The number of hydrogen-bond acceptors (Lipinski definition) is 3. The van der Waals surface area contributed by atoms with E-state index in [1.807, 2.05) is 18.2 Å². The zero-order valence-electron chi connectivity index (χ0n) is 14.5. The Balaban J connectivity index is 1.95. The minimum absolute atomic E-state index is 0.00777. The predicted octanol–water partition coefficient (Wildman–Crippen LogP) is 4.13. The molecule has 1 aromatic rings. The van der Waals surface area contributed by atoms with Crippen molar-refractivity contribution in [2.75, 3.05) is 6.61 Å². The highest BCUT2D eigenvalue weighted by Crippen LogP contribution is 2.40. The Morgan fingerprint density at radius 1 is 1.35 bits per heavy atom. The topological polar surface area (TPSA) is 46.5 Å². The lowest BCUT2D eigenvalue weighted by Gasteiger charge is -2.40. The molecule has 0 aliphatic heterocycles. The van der Waals surface area contributed by atoms with Gasteiger partial charge in [-0.15, -0.1) is 0 Å². The Kier molecular flexibility index (Phi) is 6.79. The lowest BCUT2D eigenvalue weighted by molar-refractivity contribution is -0.145. The van der Waals surface area contributed by atoms with E-state index in [2.05, 4.69) is 26.0 Å². The van der Waals surface area contributed by atoms with Crippen LogP contribution in [0.2, 0.25) is 0 Å². The van der Waals surface area contributed by atoms with Crippen molar-refractivity contribution in [1.29, 1.82) is 0 Å². The average Bonchev–Trinajstić information content (AvgIpc) is 2.57. The van der Waals surface area contributed by atoms with E-state index in [0.717, 1.165) is 37.7 Å². The third-order valence-corrected chi connectivity index (χ3v) is 5.22. The van der Waals surface area contributed by atoms with Gasteiger partial charge in [-0.3, -0.25) is 4.79 Å². The first-order valence-corrected chi connectivity index (χ1v) is 8.86. The Hall–Kier alpha value is -1.19. The standard InChI is InChI=1S/C20H30O3/c1-16(14-21)8-7-13-20(2)18(22)11-6-12-19(20)23-15-17-9-4-3-5-10-17/h3-5,9-10,16,19,21H,6-8,11-15H2,1-2H3/t16?,19-,20+/m0/s1. The summed E-state index contributed by atoms with van der Waals surface area (Å²) >= 11 is 0. The highest BCUT2D eigenvalue weighted by Gasteiger charge is 2.43. The minimum Gasteiger partial charge on any atom is -0.396 e. The molecule has 0 radical (unpaired) electrons. The van der Waals surface area contributed by atoms with Crippen molar-refractivity contribution in [2.24, 2.45) is 11.3 Å². The molecule has 3 heteroatoms. The van der Waals surface area contributed by atoms with Crippen LogP contribution in [0.15, 0.2) is 30.3 Å². The molecule has 3 nitrogen and oxygen atoms in total. The van der Waals surface area contributed by atoms with Crippen LogP contribution < -0.4 is 0 Å². The molecule has 0 saturated heterocycles. The summed E-state index contributed by atoms with van der Waals surface area (Å²) in [5, 5.41) is 9.16. The Morgan fingerprint density at radius 2 is 2.09 bits per heavy atom. The summed E-state index contributed by atoms with van der Waals surface area (Å²) < 4.78 is 6.17. The smallest absolute Gasteiger partial charge is 0.141 e. The van der Waals surface area contributed by atoms with Gasteiger partial charge in [-0.2, -0.15) is 0 Å². The Morgan fingerprint density at radius 3 is 2.78 bits per heavy atom. The largest absolute Gasteiger partial charge is 0.396 e. The van der Waals surface area contributed by atoms with E-state index in [1.165, 1.54) is 0 Å². The highest BCUT2D eigenvalue weighted by molar-refractivity contribution is 5.85. The van der Waals surface area contributed by atoms with Gasteiger partial charge >= 0.3 is 0 Å². The summed E-state index contributed by atoms with van der Waals surface area (Å²) in [4.78, 5) is 12.6. The molecule has 23 heavy (non-hydrogen) atoms. The number of benzene rings is 1. The van der Waals surface area contributed by atoms with E-state index < -0.39 is 0 Å². The molecule has 1 aliphatic rings. The average molecular weight is 318 g/mol. The van der Waals surface area contributed by atoms with Gasteiger partial charge < -0.3 is 9.84 Å². The van der Waals surface area contributed by atoms with Crippen molar-refractivity contribution < 1.29 is 14.6 Å². The van der Waals surface area contributed by atoms with Gasteiger partial charge in [-0.05, 0) is 37.2 Å². The molecule has 2 rings (SSSR count). The molecule has 128 valence electrons. The van der Waals surface area contributed by atoms with E-state index in [9.17, 15) is 4.79 Å². The van der Waals surface area contributed by atoms with E-state index in [4.69, 9.17) is 9.84 Å². The molecule has 1 aromatic carbocycles. The van der Waals surface area contributed by atoms with Gasteiger partial charge in [0.2, 0.25) is 0 Å². The van der Waals surface area contributed by atoms with Crippen LogP contribution in [-0.4, -0.2) is 23.6 Å². The van der Waals surface area contributed by atoms with E-state index in [1.54, 1.807) is 0 Å². The van der Waals surface area contributed by atoms with E-state index in [0.29, 0.717) is 24.7 Å². The van der Waals surface area contributed by atoms with Gasteiger partial charge in [-0.25, -0.2) is 0 Å².